The maximum atomic E-state index is 13.2. The van der Waals surface area contributed by atoms with Crippen LogP contribution in [-0.4, -0.2) is 22.4 Å². The second-order valence-corrected chi connectivity index (χ2v) is 7.69. The Kier molecular flexibility index (Phi) is 6.94. The molecule has 3 aromatic carbocycles. The molecule has 31 heavy (non-hydrogen) atoms. The molecular weight excluding hydrogens is 416 g/mol. The highest BCUT2D eigenvalue weighted by atomic mass is 32.2. The van der Waals surface area contributed by atoms with Gasteiger partial charge < -0.3 is 4.84 Å². The van der Waals surface area contributed by atoms with Crippen LogP contribution in [0.15, 0.2) is 87.7 Å². The second kappa shape index (κ2) is 9.82. The van der Waals surface area contributed by atoms with Gasteiger partial charge in [0.05, 0.1) is 4.92 Å². The summed E-state index contributed by atoms with van der Waals surface area (Å²) in [6.45, 7) is 2.84. The zero-order valence-electron chi connectivity index (χ0n) is 16.8. The fourth-order valence-electron chi connectivity index (χ4n) is 2.74. The third-order valence-corrected chi connectivity index (χ3v) is 5.28. The minimum absolute atomic E-state index is 0.181. The molecule has 7 nitrogen and oxygen atoms in total. The third kappa shape index (κ3) is 5.64. The lowest BCUT2D eigenvalue weighted by Gasteiger charge is -2.09. The molecule has 0 aliphatic rings. The molecule has 3 rings (SSSR count). The molecule has 0 spiro atoms. The van der Waals surface area contributed by atoms with Crippen molar-refractivity contribution in [2.24, 2.45) is 5.16 Å². The standard InChI is InChI=1S/C23H18N2O5S/c1-15-8-11-18(25(28)29)14-21(15)22(24-30-16(2)26)23(27)17-9-12-20(13-10-17)31-19-6-4-3-5-7-19/h3-14H,1-2H3. The molecular formula is C23H18N2O5S. The van der Waals surface area contributed by atoms with Crippen LogP contribution in [0.3, 0.4) is 0 Å². The lowest BCUT2D eigenvalue weighted by Crippen LogP contribution is -2.18. The van der Waals surface area contributed by atoms with Crippen molar-refractivity contribution in [3.8, 4) is 0 Å². The number of nitro benzene ring substituents is 1. The Morgan fingerprint density at radius 1 is 0.968 bits per heavy atom. The minimum atomic E-state index is -0.706. The van der Waals surface area contributed by atoms with Gasteiger partial charge in [-0.1, -0.05) is 41.2 Å². The molecule has 0 N–H and O–H groups in total. The van der Waals surface area contributed by atoms with E-state index in [9.17, 15) is 19.7 Å². The molecule has 0 bridgehead atoms. The summed E-state index contributed by atoms with van der Waals surface area (Å²) in [7, 11) is 0. The van der Waals surface area contributed by atoms with Crippen molar-refractivity contribution in [3.63, 3.8) is 0 Å². The van der Waals surface area contributed by atoms with Crippen molar-refractivity contribution < 1.29 is 19.3 Å². The summed E-state index contributed by atoms with van der Waals surface area (Å²) < 4.78 is 0. The number of carbonyl (C=O) groups excluding carboxylic acids is 2. The Morgan fingerprint density at radius 2 is 1.61 bits per heavy atom. The van der Waals surface area contributed by atoms with E-state index in [-0.39, 0.29) is 17.0 Å². The summed E-state index contributed by atoms with van der Waals surface area (Å²) in [5, 5.41) is 14.9. The molecule has 0 fully saturated rings. The quantitative estimate of drug-likeness (QED) is 0.167. The number of carbonyl (C=O) groups is 2. The van der Waals surface area contributed by atoms with Crippen LogP contribution in [0.4, 0.5) is 5.69 Å². The molecule has 0 radical (unpaired) electrons. The van der Waals surface area contributed by atoms with Crippen LogP contribution >= 0.6 is 11.8 Å². The minimum Gasteiger partial charge on any atom is -0.318 e. The van der Waals surface area contributed by atoms with Gasteiger partial charge in [-0.25, -0.2) is 4.79 Å². The summed E-state index contributed by atoms with van der Waals surface area (Å²) in [6.07, 6.45) is 0. The third-order valence-electron chi connectivity index (χ3n) is 4.26. The molecule has 0 saturated carbocycles. The number of hydrogen-bond donors (Lipinski definition) is 0. The van der Waals surface area contributed by atoms with Gasteiger partial charge in [-0.3, -0.25) is 14.9 Å². The van der Waals surface area contributed by atoms with Crippen LogP contribution < -0.4 is 0 Å². The number of hydrogen-bond acceptors (Lipinski definition) is 7. The van der Waals surface area contributed by atoms with E-state index in [4.69, 9.17) is 4.84 Å². The smallest absolute Gasteiger partial charge is 0.318 e. The van der Waals surface area contributed by atoms with Crippen molar-refractivity contribution >= 4 is 34.9 Å². The Hall–Kier alpha value is -3.78. The van der Waals surface area contributed by atoms with Gasteiger partial charge in [-0.15, -0.1) is 0 Å². The number of oxime groups is 1. The second-order valence-electron chi connectivity index (χ2n) is 6.55. The van der Waals surface area contributed by atoms with Gasteiger partial charge in [0.25, 0.3) is 5.69 Å². The van der Waals surface area contributed by atoms with E-state index in [1.54, 1.807) is 43.0 Å². The van der Waals surface area contributed by atoms with E-state index in [0.29, 0.717) is 11.1 Å². The van der Waals surface area contributed by atoms with E-state index in [1.165, 1.54) is 18.2 Å². The van der Waals surface area contributed by atoms with E-state index < -0.39 is 16.7 Å². The van der Waals surface area contributed by atoms with E-state index in [0.717, 1.165) is 16.7 Å². The van der Waals surface area contributed by atoms with Gasteiger partial charge >= 0.3 is 5.97 Å². The number of benzene rings is 3. The first-order valence-corrected chi connectivity index (χ1v) is 10.1. The maximum Gasteiger partial charge on any atom is 0.332 e. The van der Waals surface area contributed by atoms with Crippen LogP contribution in [0.5, 0.6) is 0 Å². The topological polar surface area (TPSA) is 98.9 Å². The summed E-state index contributed by atoms with van der Waals surface area (Å²) >= 11 is 1.55. The maximum absolute atomic E-state index is 13.2. The fourth-order valence-corrected chi connectivity index (χ4v) is 3.57. The van der Waals surface area contributed by atoms with Gasteiger partial charge in [0, 0.05) is 40.0 Å². The lowest BCUT2D eigenvalue weighted by molar-refractivity contribution is -0.384. The van der Waals surface area contributed by atoms with Crippen LogP contribution in [-0.2, 0) is 9.63 Å². The van der Waals surface area contributed by atoms with Crippen molar-refractivity contribution in [2.45, 2.75) is 23.6 Å². The largest absolute Gasteiger partial charge is 0.332 e. The molecule has 156 valence electrons. The summed E-state index contributed by atoms with van der Waals surface area (Å²) in [5.74, 6) is -1.22. The first-order chi connectivity index (χ1) is 14.8. The van der Waals surface area contributed by atoms with Gasteiger partial charge in [0.2, 0.25) is 5.78 Å². The normalized spacial score (nSPS) is 11.1. The molecule has 3 aromatic rings. The predicted octanol–water partition coefficient (Wildman–Crippen LogP) is 5.20. The highest BCUT2D eigenvalue weighted by Gasteiger charge is 2.22. The zero-order valence-corrected chi connectivity index (χ0v) is 17.6. The Labute approximate surface area is 182 Å². The fraction of sp³-hybridized carbons (Fsp3) is 0.0870. The van der Waals surface area contributed by atoms with Crippen LogP contribution in [0, 0.1) is 17.0 Å². The number of nitro groups is 1. The summed E-state index contributed by atoms with van der Waals surface area (Å²) in [5.41, 5.74) is 0.747. The van der Waals surface area contributed by atoms with Crippen molar-refractivity contribution in [3.05, 3.63) is 99.6 Å². The first-order valence-electron chi connectivity index (χ1n) is 9.24. The number of non-ortho nitro benzene ring substituents is 1. The monoisotopic (exact) mass is 434 g/mol. The van der Waals surface area contributed by atoms with E-state index in [1.807, 2.05) is 30.3 Å². The van der Waals surface area contributed by atoms with E-state index >= 15 is 0 Å². The number of Topliss-reactive ketones (excluding diaryl/α,β-unsaturated/α-hetero) is 1. The average Bonchev–Trinajstić information content (AvgIpc) is 2.75. The molecule has 0 aromatic heterocycles. The summed E-state index contributed by atoms with van der Waals surface area (Å²) in [6, 6.07) is 20.8. The van der Waals surface area contributed by atoms with Gasteiger partial charge in [-0.05, 0) is 48.9 Å². The highest BCUT2D eigenvalue weighted by Crippen LogP contribution is 2.28. The van der Waals surface area contributed by atoms with E-state index in [2.05, 4.69) is 5.16 Å². The predicted molar refractivity (Wildman–Crippen MR) is 117 cm³/mol. The van der Waals surface area contributed by atoms with Crippen molar-refractivity contribution in [1.29, 1.82) is 0 Å². The van der Waals surface area contributed by atoms with Crippen molar-refractivity contribution in [2.75, 3.05) is 0 Å². The van der Waals surface area contributed by atoms with Crippen molar-refractivity contribution in [1.82, 2.24) is 0 Å². The highest BCUT2D eigenvalue weighted by molar-refractivity contribution is 7.99. The zero-order chi connectivity index (χ0) is 22.4. The number of aryl methyl sites for hydroxylation is 1. The molecule has 0 atom stereocenters. The van der Waals surface area contributed by atoms with Crippen LogP contribution in [0.2, 0.25) is 0 Å². The molecule has 0 aliphatic heterocycles. The summed E-state index contributed by atoms with van der Waals surface area (Å²) in [4.78, 5) is 41.8. The number of rotatable bonds is 7. The van der Waals surface area contributed by atoms with Gasteiger partial charge in [-0.2, -0.15) is 0 Å². The Balaban J connectivity index is 1.94. The first kappa shape index (κ1) is 21.9. The molecule has 0 unspecified atom stereocenters. The lowest BCUT2D eigenvalue weighted by atomic mass is 9.97. The van der Waals surface area contributed by atoms with Gasteiger partial charge in [0.15, 0.2) is 5.71 Å². The Morgan fingerprint density at radius 3 is 2.23 bits per heavy atom. The molecule has 0 aliphatic carbocycles. The van der Waals surface area contributed by atoms with Gasteiger partial charge in [0.1, 0.15) is 0 Å². The number of nitrogens with zero attached hydrogens (tertiary/aromatic N) is 2. The average molecular weight is 434 g/mol. The Bertz CT molecular complexity index is 1160. The molecule has 0 saturated heterocycles. The molecule has 0 heterocycles. The molecule has 8 heteroatoms. The number of ketones is 1. The molecule has 0 amide bonds. The van der Waals surface area contributed by atoms with Crippen LogP contribution in [0.1, 0.15) is 28.4 Å². The van der Waals surface area contributed by atoms with Crippen LogP contribution in [0.25, 0.3) is 0 Å². The SMILES string of the molecule is CC(=O)ON=C(C(=O)c1ccc(Sc2ccccc2)cc1)c1cc([N+](=O)[O-])ccc1C.